The fraction of sp³-hybridized carbons (Fsp3) is 0.111. The number of nitrogens with one attached hydrogen (secondary N) is 1. The van der Waals surface area contributed by atoms with Crippen molar-refractivity contribution in [2.24, 2.45) is 7.05 Å². The number of hydrogen-bond donors (Lipinski definition) is 1. The minimum absolute atomic E-state index is 0.374. The minimum Gasteiger partial charge on any atom is -0.355 e. The van der Waals surface area contributed by atoms with Crippen molar-refractivity contribution in [3.05, 3.63) is 66.5 Å². The molecule has 0 fully saturated rings. The molecule has 1 N–H and O–H groups in total. The molecule has 0 atom stereocenters. The number of alkyl halides is 3. The second kappa shape index (κ2) is 6.80. The molecule has 0 aliphatic rings. The van der Waals surface area contributed by atoms with Gasteiger partial charge in [0.15, 0.2) is 0 Å². The lowest BCUT2D eigenvalue weighted by atomic mass is 10.1. The fourth-order valence-corrected chi connectivity index (χ4v) is 2.63. The maximum atomic E-state index is 12.7. The van der Waals surface area contributed by atoms with E-state index < -0.39 is 11.7 Å². The van der Waals surface area contributed by atoms with Crippen molar-refractivity contribution < 1.29 is 13.2 Å². The number of para-hydroxylation sites is 1. The molecule has 2 aromatic heterocycles. The van der Waals surface area contributed by atoms with Gasteiger partial charge in [0.25, 0.3) is 0 Å². The van der Waals surface area contributed by atoms with Gasteiger partial charge in [-0.2, -0.15) is 18.3 Å². The molecule has 2 aromatic carbocycles. The van der Waals surface area contributed by atoms with Crippen LogP contribution in [0.25, 0.3) is 17.1 Å². The lowest BCUT2D eigenvalue weighted by Gasteiger charge is -2.11. The summed E-state index contributed by atoms with van der Waals surface area (Å²) in [6, 6.07) is 12.0. The van der Waals surface area contributed by atoms with Gasteiger partial charge in [-0.1, -0.05) is 12.1 Å². The molecule has 142 valence electrons. The molecule has 4 rings (SSSR count). The normalized spacial score (nSPS) is 11.6. The number of halogens is 3. The number of benzene rings is 2. The van der Waals surface area contributed by atoms with Gasteiger partial charge in [-0.3, -0.25) is 4.68 Å². The van der Waals surface area contributed by atoms with Gasteiger partial charge in [0.2, 0.25) is 5.82 Å². The molecule has 0 saturated carbocycles. The molecule has 0 aliphatic carbocycles. The molecule has 7 nitrogen and oxygen atoms in total. The lowest BCUT2D eigenvalue weighted by molar-refractivity contribution is -0.137. The van der Waals surface area contributed by atoms with Crippen LogP contribution in [0.4, 0.5) is 24.5 Å². The number of hydrogen-bond acceptors (Lipinski definition) is 5. The standard InChI is InChI=1S/C18H14F3N7/c1-27-11-14(10-22-27)28-25-17(24-26-28)15-4-2-3-5-16(15)23-13-8-6-12(7-9-13)18(19,20)21/h2-11,23H,1H3. The van der Waals surface area contributed by atoms with Gasteiger partial charge in [0, 0.05) is 24.0 Å². The highest BCUT2D eigenvalue weighted by Crippen LogP contribution is 2.32. The van der Waals surface area contributed by atoms with Crippen LogP contribution in [0.2, 0.25) is 0 Å². The molecule has 0 amide bonds. The Balaban J connectivity index is 1.62. The summed E-state index contributed by atoms with van der Waals surface area (Å²) < 4.78 is 39.8. The average Bonchev–Trinajstić information content (AvgIpc) is 3.31. The van der Waals surface area contributed by atoms with E-state index in [9.17, 15) is 13.2 Å². The lowest BCUT2D eigenvalue weighted by Crippen LogP contribution is -2.04. The van der Waals surface area contributed by atoms with E-state index in [0.717, 1.165) is 12.1 Å². The zero-order valence-electron chi connectivity index (χ0n) is 14.6. The van der Waals surface area contributed by atoms with Crippen molar-refractivity contribution >= 4 is 11.4 Å². The first-order chi connectivity index (χ1) is 13.4. The average molecular weight is 385 g/mol. The Kier molecular flexibility index (Phi) is 4.30. The number of aryl methyl sites for hydroxylation is 1. The molecule has 0 aliphatic heterocycles. The molecular weight excluding hydrogens is 371 g/mol. The molecule has 0 saturated heterocycles. The smallest absolute Gasteiger partial charge is 0.355 e. The van der Waals surface area contributed by atoms with Crippen LogP contribution in [0.1, 0.15) is 5.56 Å². The summed E-state index contributed by atoms with van der Waals surface area (Å²) in [5.74, 6) is 0.374. The summed E-state index contributed by atoms with van der Waals surface area (Å²) in [6.45, 7) is 0. The third kappa shape index (κ3) is 3.56. The number of anilines is 2. The van der Waals surface area contributed by atoms with Gasteiger partial charge in [-0.25, -0.2) is 0 Å². The van der Waals surface area contributed by atoms with Crippen LogP contribution in [-0.2, 0) is 13.2 Å². The first kappa shape index (κ1) is 17.7. The van der Waals surface area contributed by atoms with E-state index in [1.807, 2.05) is 6.07 Å². The number of nitrogens with zero attached hydrogens (tertiary/aromatic N) is 6. The summed E-state index contributed by atoms with van der Waals surface area (Å²) in [5, 5.41) is 19.6. The Morgan fingerprint density at radius 3 is 2.43 bits per heavy atom. The van der Waals surface area contributed by atoms with Crippen molar-refractivity contribution in [3.8, 4) is 17.1 Å². The zero-order valence-corrected chi connectivity index (χ0v) is 14.6. The van der Waals surface area contributed by atoms with E-state index in [-0.39, 0.29) is 0 Å². The summed E-state index contributed by atoms with van der Waals surface area (Å²) in [7, 11) is 1.78. The first-order valence-electron chi connectivity index (χ1n) is 8.23. The SMILES string of the molecule is Cn1cc(-n2nnc(-c3ccccc3Nc3ccc(C(F)(F)F)cc3)n2)cn1. The van der Waals surface area contributed by atoms with E-state index >= 15 is 0 Å². The maximum Gasteiger partial charge on any atom is 0.416 e. The van der Waals surface area contributed by atoms with E-state index in [0.29, 0.717) is 28.5 Å². The highest BCUT2D eigenvalue weighted by molar-refractivity contribution is 5.77. The van der Waals surface area contributed by atoms with Crippen LogP contribution in [0.5, 0.6) is 0 Å². The topological polar surface area (TPSA) is 73.5 Å². The molecule has 28 heavy (non-hydrogen) atoms. The van der Waals surface area contributed by atoms with Gasteiger partial charge in [-0.15, -0.1) is 15.0 Å². The summed E-state index contributed by atoms with van der Waals surface area (Å²) >= 11 is 0. The maximum absolute atomic E-state index is 12.7. The van der Waals surface area contributed by atoms with Crippen molar-refractivity contribution in [1.82, 2.24) is 30.0 Å². The predicted molar refractivity (Wildman–Crippen MR) is 96.1 cm³/mol. The van der Waals surface area contributed by atoms with Crippen molar-refractivity contribution in [1.29, 1.82) is 0 Å². The fourth-order valence-electron chi connectivity index (χ4n) is 2.63. The highest BCUT2D eigenvalue weighted by atomic mass is 19.4. The minimum atomic E-state index is -4.37. The Morgan fingerprint density at radius 1 is 1.00 bits per heavy atom. The molecular formula is C18H14F3N7. The third-order valence-corrected chi connectivity index (χ3v) is 3.99. The van der Waals surface area contributed by atoms with E-state index in [1.165, 1.54) is 16.9 Å². The molecule has 0 radical (unpaired) electrons. The quantitative estimate of drug-likeness (QED) is 0.578. The summed E-state index contributed by atoms with van der Waals surface area (Å²) in [6.07, 6.45) is -1.01. The second-order valence-corrected chi connectivity index (χ2v) is 6.02. The molecule has 0 spiro atoms. The van der Waals surface area contributed by atoms with Crippen molar-refractivity contribution in [2.45, 2.75) is 6.18 Å². The number of rotatable bonds is 4. The Morgan fingerprint density at radius 2 is 1.75 bits per heavy atom. The van der Waals surface area contributed by atoms with Gasteiger partial charge < -0.3 is 5.32 Å². The van der Waals surface area contributed by atoms with E-state index in [2.05, 4.69) is 25.8 Å². The van der Waals surface area contributed by atoms with Crippen LogP contribution >= 0.6 is 0 Å². The number of tetrazole rings is 1. The van der Waals surface area contributed by atoms with Gasteiger partial charge in [-0.05, 0) is 41.6 Å². The second-order valence-electron chi connectivity index (χ2n) is 6.02. The Bertz CT molecular complexity index is 1100. The van der Waals surface area contributed by atoms with Crippen molar-refractivity contribution in [2.75, 3.05) is 5.32 Å². The van der Waals surface area contributed by atoms with Gasteiger partial charge in [0.05, 0.1) is 18.0 Å². The summed E-state index contributed by atoms with van der Waals surface area (Å²) in [4.78, 5) is 1.36. The first-order valence-corrected chi connectivity index (χ1v) is 8.23. The predicted octanol–water partition coefficient (Wildman–Crippen LogP) is 3.83. The highest BCUT2D eigenvalue weighted by Gasteiger charge is 2.29. The van der Waals surface area contributed by atoms with Crippen LogP contribution in [0.15, 0.2) is 60.9 Å². The Labute approximate surface area is 157 Å². The van der Waals surface area contributed by atoms with E-state index in [1.54, 1.807) is 42.3 Å². The molecule has 0 bridgehead atoms. The van der Waals surface area contributed by atoms with Crippen LogP contribution in [0.3, 0.4) is 0 Å². The zero-order chi connectivity index (χ0) is 19.7. The van der Waals surface area contributed by atoms with Gasteiger partial charge >= 0.3 is 6.18 Å². The molecule has 10 heteroatoms. The largest absolute Gasteiger partial charge is 0.416 e. The summed E-state index contributed by atoms with van der Waals surface area (Å²) in [5.41, 5.74) is 1.78. The molecule has 2 heterocycles. The monoisotopic (exact) mass is 385 g/mol. The Hall–Kier alpha value is -3.69. The molecule has 4 aromatic rings. The third-order valence-electron chi connectivity index (χ3n) is 3.99. The van der Waals surface area contributed by atoms with Crippen LogP contribution < -0.4 is 5.32 Å². The van der Waals surface area contributed by atoms with Crippen molar-refractivity contribution in [3.63, 3.8) is 0 Å². The van der Waals surface area contributed by atoms with Crippen LogP contribution in [-0.4, -0.2) is 30.0 Å². The number of aromatic nitrogens is 6. The van der Waals surface area contributed by atoms with Gasteiger partial charge in [0.1, 0.15) is 5.69 Å². The van der Waals surface area contributed by atoms with Crippen LogP contribution in [0, 0.1) is 0 Å². The van der Waals surface area contributed by atoms with E-state index in [4.69, 9.17) is 0 Å². The molecule has 0 unspecified atom stereocenters.